The van der Waals surface area contributed by atoms with Gasteiger partial charge in [-0.15, -0.1) is 11.3 Å². The van der Waals surface area contributed by atoms with Crippen LogP contribution in [-0.4, -0.2) is 15.1 Å². The van der Waals surface area contributed by atoms with E-state index in [4.69, 9.17) is 0 Å². The lowest BCUT2D eigenvalue weighted by Gasteiger charge is -2.03. The number of aromatic nitrogens is 2. The number of hydrogen-bond donors (Lipinski definition) is 2. The van der Waals surface area contributed by atoms with Gasteiger partial charge in [-0.25, -0.2) is 0 Å². The number of nitro benzene ring substituents is 1. The number of rotatable bonds is 5. The molecule has 0 unspecified atom stereocenters. The summed E-state index contributed by atoms with van der Waals surface area (Å²) in [5, 5.41) is 23.0. The van der Waals surface area contributed by atoms with Crippen LogP contribution in [-0.2, 0) is 6.54 Å². The molecule has 0 aliphatic carbocycles. The van der Waals surface area contributed by atoms with Crippen LogP contribution in [0, 0.1) is 16.2 Å². The molecule has 0 spiro atoms. The molecule has 0 saturated heterocycles. The largest absolute Gasteiger partial charge is 0.366 e. The summed E-state index contributed by atoms with van der Waals surface area (Å²) < 4.78 is 0. The molecule has 3 aromatic rings. The van der Waals surface area contributed by atoms with E-state index < -0.39 is 4.92 Å². The maximum atomic E-state index is 10.7. The summed E-state index contributed by atoms with van der Waals surface area (Å²) in [5.41, 5.74) is 1.70. The van der Waals surface area contributed by atoms with Crippen LogP contribution in [0.4, 0.5) is 11.5 Å². The molecule has 0 aliphatic rings. The molecule has 105 valence electrons. The number of nitrogens with zero attached hydrogens (tertiary/aromatic N) is 2. The van der Waals surface area contributed by atoms with Crippen molar-refractivity contribution >= 4 is 22.8 Å². The monoisotopic (exact) mass is 299 g/mol. The van der Waals surface area contributed by atoms with Gasteiger partial charge in [0.05, 0.1) is 9.80 Å². The van der Waals surface area contributed by atoms with E-state index in [1.807, 2.05) is 23.6 Å². The van der Waals surface area contributed by atoms with Gasteiger partial charge < -0.3 is 5.32 Å². The maximum Gasteiger partial charge on any atom is 0.270 e. The third kappa shape index (κ3) is 3.09. The predicted molar refractivity (Wildman–Crippen MR) is 81.2 cm³/mol. The zero-order valence-electron chi connectivity index (χ0n) is 10.9. The van der Waals surface area contributed by atoms with Gasteiger partial charge in [0, 0.05) is 24.7 Å². The van der Waals surface area contributed by atoms with Crippen molar-refractivity contribution in [1.29, 1.82) is 0 Å². The average molecular weight is 299 g/mol. The molecule has 0 atom stereocenters. The molecular weight excluding hydrogens is 288 g/mol. The molecule has 0 fully saturated rings. The van der Waals surface area contributed by atoms with E-state index in [0.29, 0.717) is 6.54 Å². The van der Waals surface area contributed by atoms with Gasteiger partial charge in [0.1, 0.15) is 11.5 Å². The van der Waals surface area contributed by atoms with Crippen molar-refractivity contribution in [2.24, 2.45) is 0 Å². The zero-order chi connectivity index (χ0) is 14.7. The van der Waals surface area contributed by atoms with E-state index in [1.54, 1.807) is 17.4 Å². The minimum atomic E-state index is -0.426. The second-order valence-electron chi connectivity index (χ2n) is 4.35. The van der Waals surface area contributed by atoms with E-state index in [-0.39, 0.29) is 5.69 Å². The van der Waals surface area contributed by atoms with Crippen LogP contribution < -0.4 is 5.32 Å². The van der Waals surface area contributed by atoms with Crippen LogP contribution in [0.5, 0.6) is 0 Å². The third-order valence-corrected chi connectivity index (χ3v) is 3.77. The van der Waals surface area contributed by atoms with E-state index in [0.717, 1.165) is 22.0 Å². The van der Waals surface area contributed by atoms with Gasteiger partial charge in [-0.2, -0.15) is 5.10 Å². The molecule has 2 aromatic heterocycles. The topological polar surface area (TPSA) is 83.8 Å². The highest BCUT2D eigenvalue weighted by Crippen LogP contribution is 2.24. The summed E-state index contributed by atoms with van der Waals surface area (Å²) in [6, 6.07) is 13.3. The fourth-order valence-corrected chi connectivity index (χ4v) is 2.56. The second kappa shape index (κ2) is 5.76. The minimum Gasteiger partial charge on any atom is -0.366 e. The second-order valence-corrected chi connectivity index (χ2v) is 5.30. The van der Waals surface area contributed by atoms with E-state index in [2.05, 4.69) is 21.6 Å². The normalized spacial score (nSPS) is 10.5. The van der Waals surface area contributed by atoms with Crippen LogP contribution in [0.1, 0.15) is 5.56 Å². The smallest absolute Gasteiger partial charge is 0.270 e. The molecule has 21 heavy (non-hydrogen) atoms. The first-order valence-electron chi connectivity index (χ1n) is 6.20. The lowest BCUT2D eigenvalue weighted by molar-refractivity contribution is -0.384. The number of thiophene rings is 1. The molecule has 6 nitrogen and oxygen atoms in total. The quantitative estimate of drug-likeness (QED) is 0.558. The molecule has 1 radical (unpaired) electrons. The lowest BCUT2D eigenvalue weighted by atomic mass is 10.2. The Morgan fingerprint density at radius 1 is 1.43 bits per heavy atom. The number of hydrogen-bond acceptors (Lipinski definition) is 5. The summed E-state index contributed by atoms with van der Waals surface area (Å²) in [7, 11) is 0. The summed E-state index contributed by atoms with van der Waals surface area (Å²) in [5.74, 6) is 0.768. The number of anilines is 1. The summed E-state index contributed by atoms with van der Waals surface area (Å²) >= 11 is 1.62. The highest BCUT2D eigenvalue weighted by Gasteiger charge is 2.07. The number of nitrogens with one attached hydrogen (secondary N) is 2. The molecule has 0 aliphatic heterocycles. The van der Waals surface area contributed by atoms with Gasteiger partial charge in [-0.1, -0.05) is 6.07 Å². The maximum absolute atomic E-state index is 10.7. The van der Waals surface area contributed by atoms with Crippen molar-refractivity contribution in [3.05, 3.63) is 63.5 Å². The zero-order valence-corrected chi connectivity index (χ0v) is 11.7. The number of non-ortho nitro benzene ring substituents is 1. The standard InChI is InChI=1S/C14H11N4O2S/c19-18(20)11-4-1-3-10(7-11)9-15-14-8-12(16-17-14)13-5-2-6-21-13/h2-8H,9H2,(H2,15,16,17). The molecule has 0 amide bonds. The van der Waals surface area contributed by atoms with Crippen molar-refractivity contribution in [3.63, 3.8) is 0 Å². The fourth-order valence-electron chi connectivity index (χ4n) is 1.87. The van der Waals surface area contributed by atoms with Crippen LogP contribution in [0.25, 0.3) is 10.6 Å². The lowest BCUT2D eigenvalue weighted by Crippen LogP contribution is -2.00. The Bertz CT molecular complexity index is 752. The molecule has 0 bridgehead atoms. The first-order chi connectivity index (χ1) is 10.2. The highest BCUT2D eigenvalue weighted by molar-refractivity contribution is 7.13. The number of nitro groups is 1. The molecule has 2 N–H and O–H groups in total. The Labute approximate surface area is 124 Å². The summed E-state index contributed by atoms with van der Waals surface area (Å²) in [6.45, 7) is 0.463. The van der Waals surface area contributed by atoms with Gasteiger partial charge in [0.2, 0.25) is 0 Å². The summed E-state index contributed by atoms with van der Waals surface area (Å²) in [6.07, 6.45) is 0. The molecule has 3 rings (SSSR count). The highest BCUT2D eigenvalue weighted by atomic mass is 32.1. The van der Waals surface area contributed by atoms with Crippen molar-refractivity contribution < 1.29 is 4.92 Å². The van der Waals surface area contributed by atoms with Crippen LogP contribution in [0.3, 0.4) is 0 Å². The van der Waals surface area contributed by atoms with Crippen molar-refractivity contribution in [2.45, 2.75) is 6.54 Å². The Hall–Kier alpha value is -2.67. The first kappa shape index (κ1) is 13.3. The van der Waals surface area contributed by atoms with Gasteiger partial charge in [-0.05, 0) is 29.1 Å². The van der Waals surface area contributed by atoms with E-state index >= 15 is 0 Å². The van der Waals surface area contributed by atoms with Crippen LogP contribution in [0.2, 0.25) is 0 Å². The molecule has 2 heterocycles. The van der Waals surface area contributed by atoms with Crippen molar-refractivity contribution in [2.75, 3.05) is 5.32 Å². The average Bonchev–Trinajstić information content (AvgIpc) is 3.16. The first-order valence-corrected chi connectivity index (χ1v) is 7.08. The molecular formula is C14H11N4O2S. The van der Waals surface area contributed by atoms with Gasteiger partial charge in [0.15, 0.2) is 0 Å². The minimum absolute atomic E-state index is 0.0400. The van der Waals surface area contributed by atoms with Crippen molar-refractivity contribution in [3.8, 4) is 10.6 Å². The number of aromatic amines is 1. The van der Waals surface area contributed by atoms with Gasteiger partial charge in [0.25, 0.3) is 5.69 Å². The Morgan fingerprint density at radius 2 is 2.33 bits per heavy atom. The third-order valence-electron chi connectivity index (χ3n) is 2.88. The molecule has 0 saturated carbocycles. The SMILES string of the molecule is O=[N+]([O-])c1c[c]cc(CNc2cc(-c3cccs3)n[nH]2)c1. The molecule has 1 aromatic carbocycles. The fraction of sp³-hybridized carbons (Fsp3) is 0.0714. The Balaban J connectivity index is 1.68. The van der Waals surface area contributed by atoms with Crippen LogP contribution >= 0.6 is 11.3 Å². The summed E-state index contributed by atoms with van der Waals surface area (Å²) in [4.78, 5) is 11.4. The van der Waals surface area contributed by atoms with Crippen molar-refractivity contribution in [1.82, 2.24) is 10.2 Å². The van der Waals surface area contributed by atoms with E-state index in [1.165, 1.54) is 12.1 Å². The number of benzene rings is 1. The Kier molecular flexibility index (Phi) is 3.65. The molecule has 7 heteroatoms. The Morgan fingerprint density at radius 3 is 3.10 bits per heavy atom. The van der Waals surface area contributed by atoms with Gasteiger partial charge >= 0.3 is 0 Å². The van der Waals surface area contributed by atoms with Gasteiger partial charge in [-0.3, -0.25) is 15.2 Å². The predicted octanol–water partition coefficient (Wildman–Crippen LogP) is 3.46. The van der Waals surface area contributed by atoms with E-state index in [9.17, 15) is 10.1 Å². The van der Waals surface area contributed by atoms with Crippen LogP contribution in [0.15, 0.2) is 41.8 Å². The number of H-pyrrole nitrogens is 1.